The number of nitrogens with one attached hydrogen (secondary N) is 1. The minimum Gasteiger partial charge on any atom is -0.486 e. The average Bonchev–Trinajstić information content (AvgIpc) is 2.72. The molecular formula is C21H25N3O5S. The molecule has 0 saturated heterocycles. The van der Waals surface area contributed by atoms with Crippen LogP contribution in [0.15, 0.2) is 23.4 Å². The van der Waals surface area contributed by atoms with Gasteiger partial charge in [-0.2, -0.15) is 0 Å². The van der Waals surface area contributed by atoms with Gasteiger partial charge in [-0.25, -0.2) is 9.97 Å². The van der Waals surface area contributed by atoms with Crippen molar-refractivity contribution < 1.29 is 23.8 Å². The zero-order valence-electron chi connectivity index (χ0n) is 17.5. The van der Waals surface area contributed by atoms with Gasteiger partial charge in [0.1, 0.15) is 13.2 Å². The van der Waals surface area contributed by atoms with Crippen molar-refractivity contribution in [3.8, 4) is 11.5 Å². The number of carbonyl (C=O) groups excluding carboxylic acids is 2. The maximum Gasteiger partial charge on any atom is 0.306 e. The number of hydrogen-bond acceptors (Lipinski definition) is 8. The second-order valence-electron chi connectivity index (χ2n) is 6.84. The molecule has 0 saturated carbocycles. The smallest absolute Gasteiger partial charge is 0.306 e. The summed E-state index contributed by atoms with van der Waals surface area (Å²) in [5.41, 5.74) is 3.18. The second kappa shape index (κ2) is 9.80. The zero-order chi connectivity index (χ0) is 21.7. The second-order valence-corrected chi connectivity index (χ2v) is 7.61. The van der Waals surface area contributed by atoms with E-state index in [4.69, 9.17) is 14.2 Å². The quantitative estimate of drug-likeness (QED) is 0.406. The topological polar surface area (TPSA) is 99.6 Å². The average molecular weight is 432 g/mol. The van der Waals surface area contributed by atoms with Crippen LogP contribution >= 0.6 is 11.8 Å². The molecule has 1 aliphatic heterocycles. The lowest BCUT2D eigenvalue weighted by atomic mass is 10.1. The fourth-order valence-electron chi connectivity index (χ4n) is 3.06. The van der Waals surface area contributed by atoms with E-state index in [9.17, 15) is 9.59 Å². The molecule has 0 radical (unpaired) electrons. The van der Waals surface area contributed by atoms with Crippen molar-refractivity contribution in [1.82, 2.24) is 9.97 Å². The van der Waals surface area contributed by atoms with Gasteiger partial charge in [0.15, 0.2) is 22.8 Å². The number of nitrogens with zero attached hydrogens (tertiary/aromatic N) is 2. The van der Waals surface area contributed by atoms with Crippen LogP contribution in [-0.4, -0.2) is 47.4 Å². The van der Waals surface area contributed by atoms with Gasteiger partial charge in [-0.1, -0.05) is 11.8 Å². The molecule has 30 heavy (non-hydrogen) atoms. The molecule has 0 aliphatic carbocycles. The normalized spacial score (nSPS) is 13.5. The van der Waals surface area contributed by atoms with Crippen LogP contribution in [0.4, 0.5) is 5.69 Å². The van der Waals surface area contributed by atoms with Crippen molar-refractivity contribution in [2.45, 2.75) is 44.9 Å². The summed E-state index contributed by atoms with van der Waals surface area (Å²) in [5, 5.41) is 3.44. The number of benzene rings is 1. The molecule has 160 valence electrons. The van der Waals surface area contributed by atoms with Gasteiger partial charge in [-0.3, -0.25) is 9.59 Å². The fraction of sp³-hybridized carbons (Fsp3) is 0.429. The van der Waals surface area contributed by atoms with E-state index in [2.05, 4.69) is 15.3 Å². The molecule has 2 heterocycles. The molecule has 1 aromatic heterocycles. The Labute approximate surface area is 179 Å². The predicted octanol–water partition coefficient (Wildman–Crippen LogP) is 3.09. The number of ether oxygens (including phenoxy) is 3. The number of hydrogen-bond donors (Lipinski definition) is 1. The lowest BCUT2D eigenvalue weighted by Crippen LogP contribution is -2.30. The lowest BCUT2D eigenvalue weighted by molar-refractivity contribution is -0.153. The molecule has 9 heteroatoms. The summed E-state index contributed by atoms with van der Waals surface area (Å²) in [6.45, 7) is 6.30. The molecule has 0 fully saturated rings. The van der Waals surface area contributed by atoms with Crippen LogP contribution in [0.25, 0.3) is 0 Å². The maximum absolute atomic E-state index is 12.4. The fourth-order valence-corrected chi connectivity index (χ4v) is 3.52. The van der Waals surface area contributed by atoms with Gasteiger partial charge >= 0.3 is 5.97 Å². The number of anilines is 1. The van der Waals surface area contributed by atoms with Gasteiger partial charge < -0.3 is 19.5 Å². The summed E-state index contributed by atoms with van der Waals surface area (Å²) in [5.74, 6) is 0.343. The molecule has 2 aromatic rings. The Morgan fingerprint density at radius 3 is 2.50 bits per heavy atom. The van der Waals surface area contributed by atoms with Crippen molar-refractivity contribution >= 4 is 29.3 Å². The van der Waals surface area contributed by atoms with Gasteiger partial charge in [0.2, 0.25) is 0 Å². The Hall–Kier alpha value is -2.81. The third-order valence-electron chi connectivity index (χ3n) is 4.65. The molecule has 0 spiro atoms. The minimum absolute atomic E-state index is 0.144. The van der Waals surface area contributed by atoms with Gasteiger partial charge in [0.05, 0.1) is 0 Å². The molecule has 3 rings (SSSR count). The van der Waals surface area contributed by atoms with Crippen molar-refractivity contribution in [3.63, 3.8) is 0 Å². The summed E-state index contributed by atoms with van der Waals surface area (Å²) in [7, 11) is 0. The van der Waals surface area contributed by atoms with Crippen molar-refractivity contribution in [1.29, 1.82) is 0 Å². The Kier molecular flexibility index (Phi) is 7.15. The Morgan fingerprint density at radius 2 is 1.83 bits per heavy atom. The van der Waals surface area contributed by atoms with Crippen molar-refractivity contribution in [3.05, 3.63) is 35.2 Å². The monoisotopic (exact) mass is 431 g/mol. The van der Waals surface area contributed by atoms with Gasteiger partial charge in [0, 0.05) is 29.6 Å². The van der Waals surface area contributed by atoms with E-state index in [-0.39, 0.29) is 6.42 Å². The highest BCUT2D eigenvalue weighted by Gasteiger charge is 2.20. The van der Waals surface area contributed by atoms with E-state index in [0.29, 0.717) is 42.0 Å². The summed E-state index contributed by atoms with van der Waals surface area (Å²) in [6, 6.07) is 5.13. The molecule has 1 aromatic carbocycles. The SMILES string of the molecule is CSc1nc(C)c(CCC(=O)OC(C)C(=O)Nc2ccc3c(c2)OCCO3)c(C)n1. The van der Waals surface area contributed by atoms with Crippen LogP contribution in [0, 0.1) is 13.8 Å². The number of thioether (sulfide) groups is 1. The van der Waals surface area contributed by atoms with Crippen LogP contribution < -0.4 is 14.8 Å². The first-order chi connectivity index (χ1) is 14.4. The summed E-state index contributed by atoms with van der Waals surface area (Å²) in [4.78, 5) is 33.5. The maximum atomic E-state index is 12.4. The molecular weight excluding hydrogens is 406 g/mol. The largest absolute Gasteiger partial charge is 0.486 e. The molecule has 0 bridgehead atoms. The number of rotatable bonds is 7. The van der Waals surface area contributed by atoms with Crippen LogP contribution in [0.1, 0.15) is 30.3 Å². The van der Waals surface area contributed by atoms with Crippen molar-refractivity contribution in [2.75, 3.05) is 24.8 Å². The Balaban J connectivity index is 1.52. The van der Waals surface area contributed by atoms with Crippen molar-refractivity contribution in [2.24, 2.45) is 0 Å². The molecule has 1 atom stereocenters. The standard InChI is InChI=1S/C21H25N3O5S/c1-12-16(13(2)23-21(22-12)30-4)6-8-19(25)29-14(3)20(26)24-15-5-7-17-18(11-15)28-10-9-27-17/h5,7,11,14H,6,8-10H2,1-4H3,(H,24,26). The molecule has 8 nitrogen and oxygen atoms in total. The first-order valence-electron chi connectivity index (χ1n) is 9.65. The number of aryl methyl sites for hydroxylation is 2. The van der Waals surface area contributed by atoms with Gasteiger partial charge in [-0.05, 0) is 51.1 Å². The van der Waals surface area contributed by atoms with E-state index in [1.165, 1.54) is 18.7 Å². The molecule has 1 aliphatic rings. The first kappa shape index (κ1) is 21.9. The van der Waals surface area contributed by atoms with Gasteiger partial charge in [-0.15, -0.1) is 0 Å². The third-order valence-corrected chi connectivity index (χ3v) is 5.20. The lowest BCUT2D eigenvalue weighted by Gasteiger charge is -2.19. The molecule has 1 unspecified atom stereocenters. The zero-order valence-corrected chi connectivity index (χ0v) is 18.3. The summed E-state index contributed by atoms with van der Waals surface area (Å²) in [6.07, 6.45) is 1.60. The summed E-state index contributed by atoms with van der Waals surface area (Å²) >= 11 is 1.48. The Morgan fingerprint density at radius 1 is 1.17 bits per heavy atom. The van der Waals surface area contributed by atoms with Crippen LogP contribution in [-0.2, 0) is 20.7 Å². The number of aromatic nitrogens is 2. The van der Waals surface area contributed by atoms with E-state index >= 15 is 0 Å². The van der Waals surface area contributed by atoms with Crippen LogP contribution in [0.5, 0.6) is 11.5 Å². The number of esters is 1. The molecule has 1 N–H and O–H groups in total. The highest BCUT2D eigenvalue weighted by Crippen LogP contribution is 2.32. The first-order valence-corrected chi connectivity index (χ1v) is 10.9. The number of amides is 1. The van der Waals surface area contributed by atoms with E-state index in [1.807, 2.05) is 20.1 Å². The minimum atomic E-state index is -0.928. The van der Waals surface area contributed by atoms with Crippen LogP contribution in [0.3, 0.4) is 0 Å². The van der Waals surface area contributed by atoms with Gasteiger partial charge in [0.25, 0.3) is 5.91 Å². The number of carbonyl (C=O) groups is 2. The highest BCUT2D eigenvalue weighted by atomic mass is 32.2. The highest BCUT2D eigenvalue weighted by molar-refractivity contribution is 7.98. The Bertz CT molecular complexity index is 927. The predicted molar refractivity (Wildman–Crippen MR) is 113 cm³/mol. The molecule has 1 amide bonds. The number of fused-ring (bicyclic) bond motifs is 1. The van der Waals surface area contributed by atoms with Crippen LogP contribution in [0.2, 0.25) is 0 Å². The van der Waals surface area contributed by atoms with E-state index in [1.54, 1.807) is 18.2 Å². The van der Waals surface area contributed by atoms with E-state index in [0.717, 1.165) is 17.0 Å². The van der Waals surface area contributed by atoms with E-state index < -0.39 is 18.0 Å². The third kappa shape index (κ3) is 5.41. The summed E-state index contributed by atoms with van der Waals surface area (Å²) < 4.78 is 16.3.